The average Bonchev–Trinajstić information content (AvgIpc) is 2.94. The minimum Gasteiger partial charge on any atom is -0.298 e. The topological polar surface area (TPSA) is 128 Å². The maximum atomic E-state index is 11.6. The maximum Gasteiger partial charge on any atom is 0.345 e. The van der Waals surface area contributed by atoms with E-state index in [0.717, 1.165) is 23.6 Å². The molecule has 0 atom stereocenters. The van der Waals surface area contributed by atoms with E-state index in [1.54, 1.807) is 6.07 Å². The van der Waals surface area contributed by atoms with Crippen molar-refractivity contribution in [1.82, 2.24) is 4.98 Å². The lowest BCUT2D eigenvalue weighted by Crippen LogP contribution is -2.07. The molecule has 2 aromatic rings. The molecule has 0 fully saturated rings. The van der Waals surface area contributed by atoms with Crippen molar-refractivity contribution in [2.45, 2.75) is 0 Å². The van der Waals surface area contributed by atoms with Gasteiger partial charge in [-0.15, -0.1) is 0 Å². The quantitative estimate of drug-likeness (QED) is 0.512. The first-order valence-corrected chi connectivity index (χ1v) is 6.61. The number of nitro benzene ring substituents is 1. The van der Waals surface area contributed by atoms with Gasteiger partial charge < -0.3 is 0 Å². The van der Waals surface area contributed by atoms with Crippen molar-refractivity contribution in [3.05, 3.63) is 62.3 Å². The fraction of sp³-hybridized carbons (Fsp3) is 0. The third kappa shape index (κ3) is 3.93. The van der Waals surface area contributed by atoms with E-state index in [9.17, 15) is 25.0 Å². The van der Waals surface area contributed by atoms with Gasteiger partial charge in [-0.25, -0.2) is 4.98 Å². The fourth-order valence-corrected chi connectivity index (χ4v) is 2.10. The smallest absolute Gasteiger partial charge is 0.298 e. The number of non-ortho nitro benzene ring substituents is 1. The highest BCUT2D eigenvalue weighted by Crippen LogP contribution is 2.24. The molecule has 1 aromatic carbocycles. The highest BCUT2D eigenvalue weighted by Gasteiger charge is 2.12. The van der Waals surface area contributed by atoms with Crippen LogP contribution in [0.5, 0.6) is 0 Å². The molecule has 0 spiro atoms. The van der Waals surface area contributed by atoms with Crippen molar-refractivity contribution < 1.29 is 14.6 Å². The second kappa shape index (κ2) is 6.54. The Morgan fingerprint density at radius 2 is 2.05 bits per heavy atom. The first-order valence-electron chi connectivity index (χ1n) is 5.79. The summed E-state index contributed by atoms with van der Waals surface area (Å²) in [5.41, 5.74) is 0.396. The number of benzene rings is 1. The molecule has 1 N–H and O–H groups in total. The Labute approximate surface area is 127 Å². The summed E-state index contributed by atoms with van der Waals surface area (Å²) < 4.78 is 0. The molecule has 0 aliphatic carbocycles. The summed E-state index contributed by atoms with van der Waals surface area (Å²) in [6, 6.07) is 5.76. The van der Waals surface area contributed by atoms with Crippen LogP contribution in [-0.4, -0.2) is 20.7 Å². The summed E-state index contributed by atoms with van der Waals surface area (Å²) in [5, 5.41) is 23.4. The number of hydrogen-bond acceptors (Lipinski definition) is 7. The predicted octanol–water partition coefficient (Wildman–Crippen LogP) is 2.61. The van der Waals surface area contributed by atoms with E-state index in [4.69, 9.17) is 0 Å². The molecule has 0 aliphatic heterocycles. The van der Waals surface area contributed by atoms with Crippen LogP contribution < -0.4 is 5.32 Å². The highest BCUT2D eigenvalue weighted by molar-refractivity contribution is 7.18. The van der Waals surface area contributed by atoms with Crippen LogP contribution in [0.3, 0.4) is 0 Å². The van der Waals surface area contributed by atoms with E-state index in [1.165, 1.54) is 24.3 Å². The van der Waals surface area contributed by atoms with E-state index >= 15 is 0 Å². The summed E-state index contributed by atoms with van der Waals surface area (Å²) >= 11 is 0.732. The molecule has 22 heavy (non-hydrogen) atoms. The van der Waals surface area contributed by atoms with Gasteiger partial charge in [-0.2, -0.15) is 0 Å². The molecule has 1 heterocycles. The number of anilines is 1. The molecule has 0 radical (unpaired) electrons. The molecule has 0 saturated carbocycles. The lowest BCUT2D eigenvalue weighted by molar-refractivity contribution is -0.384. The molecule has 1 amide bonds. The molecule has 0 aliphatic rings. The standard InChI is InChI=1S/C12H8N4O5S/c17-10(14-12-13-7-11(22-12)16(20)21)5-4-8-2-1-3-9(6-8)15(18)19/h1-7H,(H,13,14,17). The minimum absolute atomic E-state index is 0.0851. The number of carbonyl (C=O) groups excluding carboxylic acids is 1. The van der Waals surface area contributed by atoms with Crippen molar-refractivity contribution in [1.29, 1.82) is 0 Å². The number of nitro groups is 2. The molecule has 10 heteroatoms. The van der Waals surface area contributed by atoms with Crippen LogP contribution in [0.2, 0.25) is 0 Å². The van der Waals surface area contributed by atoms with Gasteiger partial charge in [0.25, 0.3) is 5.69 Å². The average molecular weight is 320 g/mol. The summed E-state index contributed by atoms with van der Waals surface area (Å²) in [5.74, 6) is -0.546. The Bertz CT molecular complexity index is 770. The van der Waals surface area contributed by atoms with Crippen molar-refractivity contribution in [3.63, 3.8) is 0 Å². The van der Waals surface area contributed by atoms with Gasteiger partial charge in [-0.3, -0.25) is 30.3 Å². The van der Waals surface area contributed by atoms with Gasteiger partial charge in [0.2, 0.25) is 5.91 Å². The second-order valence-electron chi connectivity index (χ2n) is 3.94. The number of thiazole rings is 1. The van der Waals surface area contributed by atoms with Crippen LogP contribution in [0, 0.1) is 20.2 Å². The summed E-state index contributed by atoms with van der Waals surface area (Å²) in [4.78, 5) is 35.3. The minimum atomic E-state index is -0.605. The van der Waals surface area contributed by atoms with E-state index in [-0.39, 0.29) is 15.8 Å². The Morgan fingerprint density at radius 3 is 2.68 bits per heavy atom. The van der Waals surface area contributed by atoms with Gasteiger partial charge in [0.05, 0.1) is 9.85 Å². The van der Waals surface area contributed by atoms with Gasteiger partial charge in [0.15, 0.2) is 5.13 Å². The van der Waals surface area contributed by atoms with Crippen LogP contribution in [0.25, 0.3) is 6.08 Å². The van der Waals surface area contributed by atoms with Crippen LogP contribution >= 0.6 is 11.3 Å². The van der Waals surface area contributed by atoms with Gasteiger partial charge in [-0.1, -0.05) is 12.1 Å². The van der Waals surface area contributed by atoms with Crippen molar-refractivity contribution in [2.24, 2.45) is 0 Å². The second-order valence-corrected chi connectivity index (χ2v) is 4.94. The van der Waals surface area contributed by atoms with E-state index in [1.807, 2.05) is 0 Å². The van der Waals surface area contributed by atoms with Crippen LogP contribution in [-0.2, 0) is 4.79 Å². The molecule has 2 rings (SSSR count). The third-order valence-corrected chi connectivity index (χ3v) is 3.28. The molecular weight excluding hydrogens is 312 g/mol. The number of amides is 1. The van der Waals surface area contributed by atoms with Crippen LogP contribution in [0.4, 0.5) is 15.8 Å². The Morgan fingerprint density at radius 1 is 1.27 bits per heavy atom. The Kier molecular flexibility index (Phi) is 4.53. The molecule has 0 unspecified atom stereocenters. The molecule has 112 valence electrons. The van der Waals surface area contributed by atoms with Gasteiger partial charge >= 0.3 is 5.00 Å². The van der Waals surface area contributed by atoms with Crippen molar-refractivity contribution in [3.8, 4) is 0 Å². The zero-order valence-electron chi connectivity index (χ0n) is 10.8. The summed E-state index contributed by atoms with van der Waals surface area (Å²) in [6.45, 7) is 0. The highest BCUT2D eigenvalue weighted by atomic mass is 32.1. The summed E-state index contributed by atoms with van der Waals surface area (Å²) in [6.07, 6.45) is 3.60. The number of rotatable bonds is 5. The molecule has 9 nitrogen and oxygen atoms in total. The predicted molar refractivity (Wildman–Crippen MR) is 79.5 cm³/mol. The number of hydrogen-bond donors (Lipinski definition) is 1. The van der Waals surface area contributed by atoms with Crippen LogP contribution in [0.1, 0.15) is 5.56 Å². The number of carbonyl (C=O) groups is 1. The fourth-order valence-electron chi connectivity index (χ4n) is 1.47. The number of nitrogens with one attached hydrogen (secondary N) is 1. The Balaban J connectivity index is 2.03. The molecular formula is C12H8N4O5S. The first kappa shape index (κ1) is 15.3. The van der Waals surface area contributed by atoms with Crippen molar-refractivity contribution >= 4 is 39.1 Å². The van der Waals surface area contributed by atoms with Gasteiger partial charge in [0, 0.05) is 18.2 Å². The third-order valence-electron chi connectivity index (χ3n) is 2.41. The maximum absolute atomic E-state index is 11.6. The van der Waals surface area contributed by atoms with Gasteiger partial charge in [0.1, 0.15) is 6.20 Å². The van der Waals surface area contributed by atoms with E-state index < -0.39 is 15.8 Å². The monoisotopic (exact) mass is 320 g/mol. The first-order chi connectivity index (χ1) is 10.5. The summed E-state index contributed by atoms with van der Waals surface area (Å²) in [7, 11) is 0. The van der Waals surface area contributed by atoms with Gasteiger partial charge in [-0.05, 0) is 23.0 Å². The van der Waals surface area contributed by atoms with E-state index in [0.29, 0.717) is 5.56 Å². The lowest BCUT2D eigenvalue weighted by atomic mass is 10.2. The zero-order chi connectivity index (χ0) is 16.1. The zero-order valence-corrected chi connectivity index (χ0v) is 11.6. The molecule has 0 bridgehead atoms. The number of aromatic nitrogens is 1. The molecule has 1 aromatic heterocycles. The number of nitrogens with zero attached hydrogens (tertiary/aromatic N) is 3. The van der Waals surface area contributed by atoms with Crippen molar-refractivity contribution in [2.75, 3.05) is 5.32 Å². The SMILES string of the molecule is O=C(C=Cc1cccc([N+](=O)[O-])c1)Nc1ncc([N+](=O)[O-])s1. The lowest BCUT2D eigenvalue weighted by Gasteiger charge is -1.96. The van der Waals surface area contributed by atoms with E-state index in [2.05, 4.69) is 10.3 Å². The normalized spacial score (nSPS) is 10.5. The largest absolute Gasteiger partial charge is 0.345 e. The Hall–Kier alpha value is -3.14. The van der Waals surface area contributed by atoms with Crippen LogP contribution in [0.15, 0.2) is 36.5 Å². The molecule has 0 saturated heterocycles.